The van der Waals surface area contributed by atoms with Crippen molar-refractivity contribution in [3.8, 4) is 0 Å². The first-order valence-corrected chi connectivity index (χ1v) is 8.37. The van der Waals surface area contributed by atoms with Crippen molar-refractivity contribution in [1.29, 1.82) is 0 Å². The Balaban J connectivity index is 2.08. The molecule has 0 saturated carbocycles. The quantitative estimate of drug-likeness (QED) is 0.846. The predicted octanol–water partition coefficient (Wildman–Crippen LogP) is 4.79. The zero-order valence-corrected chi connectivity index (χ0v) is 14.7. The van der Waals surface area contributed by atoms with Crippen molar-refractivity contribution in [2.24, 2.45) is 0 Å². The van der Waals surface area contributed by atoms with Crippen LogP contribution < -0.4 is 5.32 Å². The molecule has 21 heavy (non-hydrogen) atoms. The molecule has 0 amide bonds. The van der Waals surface area contributed by atoms with Crippen molar-refractivity contribution in [2.45, 2.75) is 46.1 Å². The lowest BCUT2D eigenvalue weighted by atomic mass is 9.98. The summed E-state index contributed by atoms with van der Waals surface area (Å²) in [5.41, 5.74) is 5.18. The van der Waals surface area contributed by atoms with Crippen molar-refractivity contribution in [1.82, 2.24) is 9.78 Å². The Morgan fingerprint density at radius 3 is 2.71 bits per heavy atom. The van der Waals surface area contributed by atoms with Crippen molar-refractivity contribution in [3.63, 3.8) is 0 Å². The number of fused-ring (bicyclic) bond motifs is 1. The average molecular weight is 348 g/mol. The van der Waals surface area contributed by atoms with Crippen LogP contribution in [0.2, 0.25) is 0 Å². The molecule has 3 rings (SSSR count). The lowest BCUT2D eigenvalue weighted by molar-refractivity contribution is 0.475. The van der Waals surface area contributed by atoms with E-state index in [9.17, 15) is 0 Å². The van der Waals surface area contributed by atoms with E-state index in [2.05, 4.69) is 71.8 Å². The van der Waals surface area contributed by atoms with E-state index in [0.717, 1.165) is 29.0 Å². The van der Waals surface area contributed by atoms with Crippen LogP contribution in [-0.4, -0.2) is 16.3 Å². The highest BCUT2D eigenvalue weighted by atomic mass is 79.9. The number of aromatic nitrogens is 2. The number of halogens is 1. The summed E-state index contributed by atoms with van der Waals surface area (Å²) >= 11 is 3.72. The van der Waals surface area contributed by atoms with Crippen LogP contribution >= 0.6 is 15.9 Å². The second kappa shape index (κ2) is 5.48. The topological polar surface area (TPSA) is 29.9 Å². The molecule has 1 aliphatic rings. The van der Waals surface area contributed by atoms with Crippen LogP contribution in [0.25, 0.3) is 0 Å². The minimum absolute atomic E-state index is 0.323. The number of aryl methyl sites for hydroxylation is 2. The van der Waals surface area contributed by atoms with Gasteiger partial charge in [0.2, 0.25) is 0 Å². The minimum atomic E-state index is 0.323. The Labute approximate surface area is 134 Å². The lowest BCUT2D eigenvalue weighted by Gasteiger charge is -2.26. The van der Waals surface area contributed by atoms with Crippen LogP contribution in [0.15, 0.2) is 22.7 Å². The van der Waals surface area contributed by atoms with E-state index < -0.39 is 0 Å². The molecule has 0 saturated heterocycles. The van der Waals surface area contributed by atoms with E-state index in [-0.39, 0.29) is 0 Å². The fourth-order valence-electron chi connectivity index (χ4n) is 2.91. The summed E-state index contributed by atoms with van der Waals surface area (Å²) in [5.74, 6) is 1.54. The van der Waals surface area contributed by atoms with Gasteiger partial charge in [-0.25, -0.2) is 4.68 Å². The van der Waals surface area contributed by atoms with E-state index in [4.69, 9.17) is 5.10 Å². The van der Waals surface area contributed by atoms with Gasteiger partial charge in [-0.05, 0) is 58.8 Å². The second-order valence-electron chi connectivity index (χ2n) is 6.22. The Bertz CT molecular complexity index is 673. The zero-order chi connectivity index (χ0) is 15.1. The third kappa shape index (κ3) is 2.50. The molecule has 1 unspecified atom stereocenters. The molecule has 0 fully saturated rings. The van der Waals surface area contributed by atoms with Crippen LogP contribution in [0.4, 0.5) is 5.82 Å². The smallest absolute Gasteiger partial charge is 0.139 e. The Hall–Kier alpha value is -1.29. The summed E-state index contributed by atoms with van der Waals surface area (Å²) in [4.78, 5) is 0. The summed E-state index contributed by atoms with van der Waals surface area (Å²) < 4.78 is 3.28. The first-order chi connectivity index (χ1) is 9.99. The van der Waals surface area contributed by atoms with Crippen LogP contribution in [-0.2, 0) is 0 Å². The van der Waals surface area contributed by atoms with Crippen molar-refractivity contribution >= 4 is 21.7 Å². The average Bonchev–Trinajstić information content (AvgIpc) is 2.80. The van der Waals surface area contributed by atoms with E-state index in [1.807, 2.05) is 0 Å². The van der Waals surface area contributed by atoms with Crippen LogP contribution in [0, 0.1) is 13.8 Å². The Kier molecular flexibility index (Phi) is 3.82. The molecule has 3 nitrogen and oxygen atoms in total. The molecule has 2 aromatic rings. The maximum Gasteiger partial charge on any atom is 0.139 e. The highest BCUT2D eigenvalue weighted by Crippen LogP contribution is 2.38. The Morgan fingerprint density at radius 1 is 1.29 bits per heavy atom. The molecule has 0 aliphatic carbocycles. The molecule has 0 radical (unpaired) electrons. The molecule has 1 aromatic heterocycles. The normalized spacial score (nSPS) is 17.7. The summed E-state index contributed by atoms with van der Waals surface area (Å²) in [6.07, 6.45) is 1.07. The summed E-state index contributed by atoms with van der Waals surface area (Å²) in [6, 6.07) is 7.09. The van der Waals surface area contributed by atoms with Crippen LogP contribution in [0.1, 0.15) is 54.6 Å². The third-order valence-electron chi connectivity index (χ3n) is 4.35. The summed E-state index contributed by atoms with van der Waals surface area (Å²) in [6.45, 7) is 9.70. The van der Waals surface area contributed by atoms with Gasteiger partial charge in [-0.1, -0.05) is 32.0 Å². The molecule has 1 N–H and O–H groups in total. The van der Waals surface area contributed by atoms with E-state index >= 15 is 0 Å². The lowest BCUT2D eigenvalue weighted by Crippen LogP contribution is -2.24. The van der Waals surface area contributed by atoms with Gasteiger partial charge >= 0.3 is 0 Å². The van der Waals surface area contributed by atoms with E-state index in [1.165, 1.54) is 16.7 Å². The van der Waals surface area contributed by atoms with Gasteiger partial charge in [0.25, 0.3) is 0 Å². The van der Waals surface area contributed by atoms with Gasteiger partial charge in [0.1, 0.15) is 5.82 Å². The van der Waals surface area contributed by atoms with Gasteiger partial charge in [0, 0.05) is 6.54 Å². The molecule has 1 aliphatic heterocycles. The maximum atomic E-state index is 4.87. The molecule has 2 heterocycles. The fraction of sp³-hybridized carbons (Fsp3) is 0.471. The molecule has 1 aromatic carbocycles. The molecule has 0 spiro atoms. The first kappa shape index (κ1) is 14.6. The number of anilines is 1. The van der Waals surface area contributed by atoms with E-state index in [1.54, 1.807) is 0 Å². The van der Waals surface area contributed by atoms with Crippen molar-refractivity contribution < 1.29 is 0 Å². The minimum Gasteiger partial charge on any atom is -0.369 e. The van der Waals surface area contributed by atoms with Crippen molar-refractivity contribution in [3.05, 3.63) is 45.1 Å². The number of hydrogen-bond acceptors (Lipinski definition) is 2. The Morgan fingerprint density at radius 2 is 2.05 bits per heavy atom. The number of benzene rings is 1. The molecule has 1 atom stereocenters. The third-order valence-corrected chi connectivity index (χ3v) is 5.13. The number of hydrogen-bond donors (Lipinski definition) is 1. The summed E-state index contributed by atoms with van der Waals surface area (Å²) in [5, 5.41) is 8.35. The van der Waals surface area contributed by atoms with Gasteiger partial charge in [0.15, 0.2) is 0 Å². The predicted molar refractivity (Wildman–Crippen MR) is 91.2 cm³/mol. The number of rotatable bonds is 2. The fourth-order valence-corrected chi connectivity index (χ4v) is 3.77. The SMILES string of the molecule is Cc1ccc(C2CCNc3c(Br)c(C(C)C)nn32)cc1C. The molecular weight excluding hydrogens is 326 g/mol. The van der Waals surface area contributed by atoms with Gasteiger partial charge in [-0.3, -0.25) is 0 Å². The van der Waals surface area contributed by atoms with Gasteiger partial charge in [0.05, 0.1) is 16.2 Å². The highest BCUT2D eigenvalue weighted by molar-refractivity contribution is 9.10. The van der Waals surface area contributed by atoms with Gasteiger partial charge in [-0.15, -0.1) is 0 Å². The first-order valence-electron chi connectivity index (χ1n) is 7.58. The number of nitrogens with one attached hydrogen (secondary N) is 1. The van der Waals surface area contributed by atoms with Crippen LogP contribution in [0.5, 0.6) is 0 Å². The second-order valence-corrected chi connectivity index (χ2v) is 7.02. The molecule has 4 heteroatoms. The van der Waals surface area contributed by atoms with Gasteiger partial charge < -0.3 is 5.32 Å². The monoisotopic (exact) mass is 347 g/mol. The molecule has 0 bridgehead atoms. The summed E-state index contributed by atoms with van der Waals surface area (Å²) in [7, 11) is 0. The largest absolute Gasteiger partial charge is 0.369 e. The van der Waals surface area contributed by atoms with E-state index in [0.29, 0.717) is 12.0 Å². The van der Waals surface area contributed by atoms with Crippen molar-refractivity contribution in [2.75, 3.05) is 11.9 Å². The van der Waals surface area contributed by atoms with Crippen LogP contribution in [0.3, 0.4) is 0 Å². The molecular formula is C17H22BrN3. The van der Waals surface area contributed by atoms with Gasteiger partial charge in [-0.2, -0.15) is 5.10 Å². The molecule has 112 valence electrons. The zero-order valence-electron chi connectivity index (χ0n) is 13.1. The standard InChI is InChI=1S/C17H22BrN3/c1-10(2)16-15(18)17-19-8-7-14(21(17)20-16)13-6-5-11(3)12(4)9-13/h5-6,9-10,14,19H,7-8H2,1-4H3. The number of nitrogens with zero attached hydrogens (tertiary/aromatic N) is 2. The highest BCUT2D eigenvalue weighted by Gasteiger charge is 2.27. The maximum absolute atomic E-state index is 4.87.